The van der Waals surface area contributed by atoms with Gasteiger partial charge in [-0.05, 0) is 56.3 Å². The minimum absolute atomic E-state index is 0.649. The normalized spacial score (nSPS) is 11.0. The molecular formula is C15H16N4S2. The number of fused-ring (bicyclic) bond motifs is 1. The third kappa shape index (κ3) is 3.01. The summed E-state index contributed by atoms with van der Waals surface area (Å²) < 4.78 is 0. The van der Waals surface area contributed by atoms with Crippen LogP contribution < -0.4 is 5.32 Å². The van der Waals surface area contributed by atoms with Gasteiger partial charge in [-0.25, -0.2) is 15.0 Å². The molecule has 3 aromatic rings. The molecule has 0 aromatic carbocycles. The fourth-order valence-corrected chi connectivity index (χ4v) is 4.14. The summed E-state index contributed by atoms with van der Waals surface area (Å²) in [5.41, 5.74) is 2.24. The Balaban J connectivity index is 2.10. The third-order valence-corrected chi connectivity index (χ3v) is 4.85. The largest absolute Gasteiger partial charge is 0.357 e. The molecule has 0 bridgehead atoms. The van der Waals surface area contributed by atoms with Crippen LogP contribution in [-0.4, -0.2) is 22.0 Å². The summed E-state index contributed by atoms with van der Waals surface area (Å²) >= 11 is 3.28. The Morgan fingerprint density at radius 2 is 1.86 bits per heavy atom. The van der Waals surface area contributed by atoms with Gasteiger partial charge in [0.25, 0.3) is 0 Å². The maximum absolute atomic E-state index is 4.59. The van der Waals surface area contributed by atoms with Crippen molar-refractivity contribution in [1.29, 1.82) is 0 Å². The zero-order valence-corrected chi connectivity index (χ0v) is 14.0. The first kappa shape index (κ1) is 14.3. The number of nitrogens with one attached hydrogen (secondary N) is 1. The van der Waals surface area contributed by atoms with E-state index in [1.165, 1.54) is 10.4 Å². The van der Waals surface area contributed by atoms with E-state index in [4.69, 9.17) is 0 Å². The van der Waals surface area contributed by atoms with E-state index in [9.17, 15) is 0 Å². The molecule has 0 atom stereocenters. The molecule has 21 heavy (non-hydrogen) atoms. The molecule has 3 rings (SSSR count). The first-order valence-corrected chi connectivity index (χ1v) is 8.27. The summed E-state index contributed by atoms with van der Waals surface area (Å²) in [4.78, 5) is 15.9. The van der Waals surface area contributed by atoms with Gasteiger partial charge in [-0.2, -0.15) is 0 Å². The van der Waals surface area contributed by atoms with Gasteiger partial charge < -0.3 is 5.32 Å². The molecule has 0 saturated heterocycles. The lowest BCUT2D eigenvalue weighted by atomic mass is 10.3. The van der Waals surface area contributed by atoms with Crippen LogP contribution in [0.2, 0.25) is 0 Å². The molecule has 3 aromatic heterocycles. The molecule has 0 saturated carbocycles. The summed E-state index contributed by atoms with van der Waals surface area (Å²) in [7, 11) is 1.84. The van der Waals surface area contributed by atoms with Gasteiger partial charge in [-0.1, -0.05) is 0 Å². The maximum Gasteiger partial charge on any atom is 0.224 e. The molecule has 0 aliphatic rings. The SMILES string of the molecule is CNc1nc(Sc2cc(C)cc(C)n2)c2cc(C)sc2n1. The molecule has 0 spiro atoms. The minimum atomic E-state index is 0.649. The predicted octanol–water partition coefficient (Wildman–Crippen LogP) is 4.20. The van der Waals surface area contributed by atoms with Crippen molar-refractivity contribution in [3.63, 3.8) is 0 Å². The number of thiophene rings is 1. The monoisotopic (exact) mass is 316 g/mol. The van der Waals surface area contributed by atoms with E-state index in [2.05, 4.69) is 52.3 Å². The number of hydrogen-bond acceptors (Lipinski definition) is 6. The van der Waals surface area contributed by atoms with Crippen LogP contribution in [0.4, 0.5) is 5.95 Å². The van der Waals surface area contributed by atoms with Crippen LogP contribution in [0.15, 0.2) is 28.3 Å². The van der Waals surface area contributed by atoms with Gasteiger partial charge in [-0.15, -0.1) is 11.3 Å². The van der Waals surface area contributed by atoms with Crippen LogP contribution in [-0.2, 0) is 0 Å². The van der Waals surface area contributed by atoms with Crippen molar-refractivity contribution in [1.82, 2.24) is 15.0 Å². The highest BCUT2D eigenvalue weighted by molar-refractivity contribution is 7.99. The first-order valence-electron chi connectivity index (χ1n) is 6.64. The Bertz CT molecular complexity index is 791. The number of aromatic nitrogens is 3. The van der Waals surface area contributed by atoms with Gasteiger partial charge in [0.05, 0.1) is 0 Å². The van der Waals surface area contributed by atoms with Crippen molar-refractivity contribution in [3.8, 4) is 0 Å². The Morgan fingerprint density at radius 3 is 2.57 bits per heavy atom. The Morgan fingerprint density at radius 1 is 1.05 bits per heavy atom. The van der Waals surface area contributed by atoms with E-state index in [1.54, 1.807) is 23.1 Å². The first-order chi connectivity index (χ1) is 10.0. The van der Waals surface area contributed by atoms with Gasteiger partial charge >= 0.3 is 0 Å². The molecule has 6 heteroatoms. The van der Waals surface area contributed by atoms with E-state index in [1.807, 2.05) is 14.0 Å². The van der Waals surface area contributed by atoms with Gasteiger partial charge in [0.1, 0.15) is 14.9 Å². The van der Waals surface area contributed by atoms with Crippen molar-refractivity contribution in [2.24, 2.45) is 0 Å². The molecule has 0 aliphatic carbocycles. The fraction of sp³-hybridized carbons (Fsp3) is 0.267. The highest BCUT2D eigenvalue weighted by Gasteiger charge is 2.12. The van der Waals surface area contributed by atoms with E-state index < -0.39 is 0 Å². The number of pyridine rings is 1. The topological polar surface area (TPSA) is 50.7 Å². The third-order valence-electron chi connectivity index (χ3n) is 2.98. The summed E-state index contributed by atoms with van der Waals surface area (Å²) in [6.45, 7) is 6.19. The van der Waals surface area contributed by atoms with Crippen molar-refractivity contribution in [2.75, 3.05) is 12.4 Å². The van der Waals surface area contributed by atoms with Crippen LogP contribution in [0.1, 0.15) is 16.1 Å². The molecular weight excluding hydrogens is 300 g/mol. The molecule has 108 valence electrons. The minimum Gasteiger partial charge on any atom is -0.357 e. The number of hydrogen-bond donors (Lipinski definition) is 1. The summed E-state index contributed by atoms with van der Waals surface area (Å²) in [5.74, 6) is 0.649. The Hall–Kier alpha value is -1.66. The lowest BCUT2D eigenvalue weighted by Gasteiger charge is -2.06. The number of rotatable bonds is 3. The molecule has 0 unspecified atom stereocenters. The predicted molar refractivity (Wildman–Crippen MR) is 89.5 cm³/mol. The smallest absolute Gasteiger partial charge is 0.224 e. The van der Waals surface area contributed by atoms with E-state index in [0.29, 0.717) is 5.95 Å². The second kappa shape index (κ2) is 5.61. The average Bonchev–Trinajstić information content (AvgIpc) is 2.78. The average molecular weight is 316 g/mol. The second-order valence-electron chi connectivity index (χ2n) is 4.90. The molecule has 4 nitrogen and oxygen atoms in total. The van der Waals surface area contributed by atoms with Gasteiger partial charge in [0.15, 0.2) is 0 Å². The van der Waals surface area contributed by atoms with Crippen molar-refractivity contribution in [2.45, 2.75) is 30.8 Å². The molecule has 0 fully saturated rings. The Kier molecular flexibility index (Phi) is 3.82. The van der Waals surface area contributed by atoms with Crippen molar-refractivity contribution >= 4 is 39.3 Å². The second-order valence-corrected chi connectivity index (χ2v) is 7.15. The maximum atomic E-state index is 4.59. The van der Waals surface area contributed by atoms with E-state index >= 15 is 0 Å². The molecule has 0 radical (unpaired) electrons. The Labute approximate surface area is 132 Å². The van der Waals surface area contributed by atoms with Gasteiger partial charge in [0, 0.05) is 23.0 Å². The number of aryl methyl sites for hydroxylation is 3. The van der Waals surface area contributed by atoms with Crippen molar-refractivity contribution in [3.05, 3.63) is 34.3 Å². The molecule has 3 heterocycles. The van der Waals surface area contributed by atoms with Crippen LogP contribution in [0.25, 0.3) is 10.2 Å². The number of anilines is 1. The van der Waals surface area contributed by atoms with E-state index in [0.717, 1.165) is 26.0 Å². The van der Waals surface area contributed by atoms with Crippen LogP contribution in [0.3, 0.4) is 0 Å². The van der Waals surface area contributed by atoms with Gasteiger partial charge in [0.2, 0.25) is 5.95 Å². The highest BCUT2D eigenvalue weighted by atomic mass is 32.2. The summed E-state index contributed by atoms with van der Waals surface area (Å²) in [6, 6.07) is 6.31. The quantitative estimate of drug-likeness (QED) is 0.734. The van der Waals surface area contributed by atoms with Crippen LogP contribution in [0, 0.1) is 20.8 Å². The van der Waals surface area contributed by atoms with Crippen LogP contribution >= 0.6 is 23.1 Å². The fourth-order valence-electron chi connectivity index (χ4n) is 2.16. The van der Waals surface area contributed by atoms with Crippen LogP contribution in [0.5, 0.6) is 0 Å². The zero-order chi connectivity index (χ0) is 15.0. The highest BCUT2D eigenvalue weighted by Crippen LogP contribution is 2.35. The molecule has 0 amide bonds. The summed E-state index contributed by atoms with van der Waals surface area (Å²) in [6.07, 6.45) is 0. The lowest BCUT2D eigenvalue weighted by molar-refractivity contribution is 1.03. The molecule has 0 aliphatic heterocycles. The van der Waals surface area contributed by atoms with E-state index in [-0.39, 0.29) is 0 Å². The molecule has 1 N–H and O–H groups in total. The summed E-state index contributed by atoms with van der Waals surface area (Å²) in [5, 5.41) is 6.05. The zero-order valence-electron chi connectivity index (χ0n) is 12.4. The number of nitrogens with zero attached hydrogens (tertiary/aromatic N) is 3. The standard InChI is InChI=1S/C15H16N4S2/c1-8-5-9(2)17-12(6-8)21-14-11-7-10(3)20-13(11)18-15(16-4)19-14/h5-7H,1-4H3,(H,16,18,19). The lowest BCUT2D eigenvalue weighted by Crippen LogP contribution is -1.97. The van der Waals surface area contributed by atoms with Crippen molar-refractivity contribution < 1.29 is 0 Å². The van der Waals surface area contributed by atoms with Gasteiger partial charge in [-0.3, -0.25) is 0 Å².